The predicted molar refractivity (Wildman–Crippen MR) is 55.4 cm³/mol. The first-order valence-corrected chi connectivity index (χ1v) is 4.73. The Hall–Kier alpha value is -1.58. The van der Waals surface area contributed by atoms with Gasteiger partial charge in [0.05, 0.1) is 11.9 Å². The number of carbonyl (C=O) groups is 1. The Morgan fingerprint density at radius 2 is 2.50 bits per heavy atom. The summed E-state index contributed by atoms with van der Waals surface area (Å²) >= 11 is 0. The molecule has 0 fully saturated rings. The minimum atomic E-state index is -0.449. The first-order valence-electron chi connectivity index (χ1n) is 4.73. The smallest absolute Gasteiger partial charge is 0.241 e. The predicted octanol–water partition coefficient (Wildman–Crippen LogP) is 1.25. The zero-order chi connectivity index (χ0) is 10.4. The molecule has 0 saturated heterocycles. The average Bonchev–Trinajstić information content (AvgIpc) is 2.59. The number of amides is 1. The fourth-order valence-corrected chi connectivity index (χ4v) is 1.11. The number of primary amides is 1. The summed E-state index contributed by atoms with van der Waals surface area (Å²) in [5, 5.41) is 0. The molecule has 76 valence electrons. The number of unbranched alkanes of at least 4 members (excludes halogenated alkanes) is 1. The summed E-state index contributed by atoms with van der Waals surface area (Å²) in [4.78, 5) is 17.7. The Bertz CT molecular complexity index is 328. The van der Waals surface area contributed by atoms with Crippen LogP contribution in [0.25, 0.3) is 6.08 Å². The van der Waals surface area contributed by atoms with E-state index in [1.165, 1.54) is 6.08 Å². The number of imidazole rings is 1. The first kappa shape index (κ1) is 10.5. The topological polar surface area (TPSA) is 71.8 Å². The Kier molecular flexibility index (Phi) is 3.91. The van der Waals surface area contributed by atoms with Crippen molar-refractivity contribution in [2.45, 2.75) is 26.2 Å². The molecule has 1 amide bonds. The molecular weight excluding hydrogens is 178 g/mol. The number of aromatic amines is 1. The molecule has 4 nitrogen and oxygen atoms in total. The van der Waals surface area contributed by atoms with E-state index in [0.717, 1.165) is 30.8 Å². The highest BCUT2D eigenvalue weighted by atomic mass is 16.1. The minimum absolute atomic E-state index is 0.449. The van der Waals surface area contributed by atoms with Gasteiger partial charge in [-0.3, -0.25) is 4.79 Å². The van der Waals surface area contributed by atoms with Crippen LogP contribution in [0.1, 0.15) is 31.3 Å². The summed E-state index contributed by atoms with van der Waals surface area (Å²) in [6.07, 6.45) is 7.85. The van der Waals surface area contributed by atoms with Gasteiger partial charge in [0.2, 0.25) is 5.91 Å². The van der Waals surface area contributed by atoms with Crippen LogP contribution in [-0.4, -0.2) is 15.9 Å². The first-order chi connectivity index (χ1) is 6.72. The number of aromatic nitrogens is 2. The fourth-order valence-electron chi connectivity index (χ4n) is 1.11. The van der Waals surface area contributed by atoms with Gasteiger partial charge in [-0.25, -0.2) is 4.98 Å². The van der Waals surface area contributed by atoms with E-state index in [1.54, 1.807) is 12.3 Å². The van der Waals surface area contributed by atoms with E-state index in [4.69, 9.17) is 5.73 Å². The summed E-state index contributed by atoms with van der Waals surface area (Å²) in [5.74, 6) is 0.505. The highest BCUT2D eigenvalue weighted by molar-refractivity contribution is 5.89. The maximum Gasteiger partial charge on any atom is 0.241 e. The lowest BCUT2D eigenvalue weighted by molar-refractivity contribution is -0.113. The van der Waals surface area contributed by atoms with Gasteiger partial charge in [-0.2, -0.15) is 0 Å². The average molecular weight is 193 g/mol. The molecule has 1 heterocycles. The molecule has 0 aliphatic rings. The van der Waals surface area contributed by atoms with Gasteiger partial charge in [0.15, 0.2) is 0 Å². The molecule has 1 rings (SSSR count). The van der Waals surface area contributed by atoms with Gasteiger partial charge in [-0.1, -0.05) is 13.3 Å². The zero-order valence-corrected chi connectivity index (χ0v) is 8.29. The second kappa shape index (κ2) is 5.21. The largest absolute Gasteiger partial charge is 0.366 e. The molecule has 0 aliphatic heterocycles. The number of carbonyl (C=O) groups excluding carboxylic acids is 1. The maximum atomic E-state index is 10.5. The molecule has 0 aromatic carbocycles. The molecule has 0 unspecified atom stereocenters. The Morgan fingerprint density at radius 3 is 3.14 bits per heavy atom. The summed E-state index contributed by atoms with van der Waals surface area (Å²) in [6, 6.07) is 0. The van der Waals surface area contributed by atoms with Crippen LogP contribution in [0.3, 0.4) is 0 Å². The number of nitrogens with two attached hydrogens (primary N) is 1. The summed E-state index contributed by atoms with van der Waals surface area (Å²) in [6.45, 7) is 2.14. The van der Waals surface area contributed by atoms with Crippen LogP contribution in [0.15, 0.2) is 12.3 Å². The van der Waals surface area contributed by atoms with Gasteiger partial charge < -0.3 is 10.7 Å². The van der Waals surface area contributed by atoms with Crippen LogP contribution in [0.4, 0.5) is 0 Å². The van der Waals surface area contributed by atoms with Crippen molar-refractivity contribution >= 4 is 12.0 Å². The van der Waals surface area contributed by atoms with E-state index in [0.29, 0.717) is 0 Å². The molecule has 0 radical (unpaired) electrons. The van der Waals surface area contributed by atoms with Gasteiger partial charge >= 0.3 is 0 Å². The Balaban J connectivity index is 2.54. The lowest BCUT2D eigenvalue weighted by Crippen LogP contribution is -2.05. The normalized spacial score (nSPS) is 10.9. The quantitative estimate of drug-likeness (QED) is 0.691. The van der Waals surface area contributed by atoms with Crippen molar-refractivity contribution < 1.29 is 4.79 Å². The van der Waals surface area contributed by atoms with Crippen LogP contribution in [-0.2, 0) is 11.2 Å². The van der Waals surface area contributed by atoms with Crippen LogP contribution < -0.4 is 5.73 Å². The van der Waals surface area contributed by atoms with Gasteiger partial charge in [0, 0.05) is 12.5 Å². The van der Waals surface area contributed by atoms with Crippen molar-refractivity contribution in [1.82, 2.24) is 9.97 Å². The van der Waals surface area contributed by atoms with Crippen LogP contribution >= 0.6 is 0 Å². The van der Waals surface area contributed by atoms with Gasteiger partial charge in [-0.15, -0.1) is 0 Å². The summed E-state index contributed by atoms with van der Waals surface area (Å²) in [7, 11) is 0. The van der Waals surface area contributed by atoms with E-state index in [2.05, 4.69) is 16.9 Å². The van der Waals surface area contributed by atoms with E-state index in [1.807, 2.05) is 0 Å². The number of hydrogen-bond acceptors (Lipinski definition) is 2. The van der Waals surface area contributed by atoms with E-state index in [-0.39, 0.29) is 0 Å². The van der Waals surface area contributed by atoms with E-state index >= 15 is 0 Å². The third-order valence-electron chi connectivity index (χ3n) is 1.84. The summed E-state index contributed by atoms with van der Waals surface area (Å²) < 4.78 is 0. The van der Waals surface area contributed by atoms with E-state index in [9.17, 15) is 4.79 Å². The standard InChI is InChI=1S/C10H15N3O/c1-2-3-4-10-12-7-8(13-10)5-6-9(11)14/h5-7H,2-4H2,1H3,(H2,11,14)(H,12,13)/b6-5+. The second-order valence-corrected chi connectivity index (χ2v) is 3.12. The SMILES string of the molecule is CCCCc1ncc(/C=C/C(N)=O)[nH]1. The molecule has 0 aliphatic carbocycles. The molecule has 0 spiro atoms. The van der Waals surface area contributed by atoms with Crippen molar-refractivity contribution in [2.75, 3.05) is 0 Å². The highest BCUT2D eigenvalue weighted by Crippen LogP contribution is 2.03. The molecule has 4 heteroatoms. The zero-order valence-electron chi connectivity index (χ0n) is 8.29. The monoisotopic (exact) mass is 193 g/mol. The van der Waals surface area contributed by atoms with Crippen molar-refractivity contribution in [3.05, 3.63) is 23.8 Å². The van der Waals surface area contributed by atoms with Crippen LogP contribution in [0, 0.1) is 0 Å². The van der Waals surface area contributed by atoms with Crippen molar-refractivity contribution in [2.24, 2.45) is 5.73 Å². The molecular formula is C10H15N3O. The number of aryl methyl sites for hydroxylation is 1. The van der Waals surface area contributed by atoms with Crippen LogP contribution in [0.5, 0.6) is 0 Å². The number of nitrogens with one attached hydrogen (secondary N) is 1. The lowest BCUT2D eigenvalue weighted by atomic mass is 10.2. The van der Waals surface area contributed by atoms with E-state index < -0.39 is 5.91 Å². The molecule has 0 saturated carbocycles. The number of rotatable bonds is 5. The third-order valence-corrected chi connectivity index (χ3v) is 1.84. The van der Waals surface area contributed by atoms with Gasteiger partial charge in [0.25, 0.3) is 0 Å². The van der Waals surface area contributed by atoms with Crippen molar-refractivity contribution in [1.29, 1.82) is 0 Å². The molecule has 1 aromatic rings. The Morgan fingerprint density at radius 1 is 1.71 bits per heavy atom. The molecule has 0 bridgehead atoms. The number of H-pyrrole nitrogens is 1. The molecule has 3 N–H and O–H groups in total. The molecule has 1 aromatic heterocycles. The van der Waals surface area contributed by atoms with Gasteiger partial charge in [-0.05, 0) is 12.5 Å². The Labute approximate surface area is 83.2 Å². The van der Waals surface area contributed by atoms with Crippen molar-refractivity contribution in [3.63, 3.8) is 0 Å². The van der Waals surface area contributed by atoms with Gasteiger partial charge in [0.1, 0.15) is 5.82 Å². The number of nitrogens with zero attached hydrogens (tertiary/aromatic N) is 1. The van der Waals surface area contributed by atoms with Crippen LogP contribution in [0.2, 0.25) is 0 Å². The maximum absolute atomic E-state index is 10.5. The highest BCUT2D eigenvalue weighted by Gasteiger charge is 1.97. The third kappa shape index (κ3) is 3.43. The molecule has 14 heavy (non-hydrogen) atoms. The summed E-state index contributed by atoms with van der Waals surface area (Å²) in [5.41, 5.74) is 5.78. The minimum Gasteiger partial charge on any atom is -0.366 e. The number of hydrogen-bond donors (Lipinski definition) is 2. The van der Waals surface area contributed by atoms with Crippen molar-refractivity contribution in [3.8, 4) is 0 Å². The lowest BCUT2D eigenvalue weighted by Gasteiger charge is -1.91. The molecule has 0 atom stereocenters. The fraction of sp³-hybridized carbons (Fsp3) is 0.400. The second-order valence-electron chi connectivity index (χ2n) is 3.12.